The summed E-state index contributed by atoms with van der Waals surface area (Å²) >= 11 is 1.43. The van der Waals surface area contributed by atoms with E-state index in [4.69, 9.17) is 20.6 Å². The molecule has 1 heterocycles. The molecule has 0 saturated heterocycles. The Balaban J connectivity index is 2.12. The smallest absolute Gasteiger partial charge is 0.435 e. The van der Waals surface area contributed by atoms with Crippen LogP contribution < -0.4 is 11.1 Å². The highest BCUT2D eigenvalue weighted by Crippen LogP contribution is 2.37. The van der Waals surface area contributed by atoms with Gasteiger partial charge in [0.25, 0.3) is 0 Å². The molecule has 0 saturated carbocycles. The highest BCUT2D eigenvalue weighted by molar-refractivity contribution is 7.15. The van der Waals surface area contributed by atoms with Gasteiger partial charge in [-0.15, -0.1) is 11.3 Å². The van der Waals surface area contributed by atoms with Gasteiger partial charge in [-0.2, -0.15) is 0 Å². The number of aryl methyl sites for hydroxylation is 1. The number of nitrogens with one attached hydrogen (secondary N) is 2. The van der Waals surface area contributed by atoms with E-state index < -0.39 is 6.16 Å². The van der Waals surface area contributed by atoms with Gasteiger partial charge in [0.2, 0.25) is 0 Å². The zero-order chi connectivity index (χ0) is 13.8. The maximum atomic E-state index is 11.4. The predicted octanol–water partition coefficient (Wildman–Crippen LogP) is 2.00. The van der Waals surface area contributed by atoms with E-state index in [2.05, 4.69) is 10.3 Å². The number of fused-ring (bicyclic) bond motifs is 1. The number of carbonyl (C=O) groups excluding carboxylic acids is 1. The Bertz CT molecular complexity index is 488. The average Bonchev–Trinajstić information content (AvgIpc) is 2.71. The Kier molecular flexibility index (Phi) is 4.20. The Morgan fingerprint density at radius 3 is 3.16 bits per heavy atom. The van der Waals surface area contributed by atoms with Gasteiger partial charge < -0.3 is 20.5 Å². The van der Waals surface area contributed by atoms with Crippen LogP contribution in [0.2, 0.25) is 0 Å². The molecule has 4 N–H and O–H groups in total. The molecule has 7 nitrogen and oxygen atoms in total. The van der Waals surface area contributed by atoms with Crippen molar-refractivity contribution in [3.63, 3.8) is 0 Å². The second-order valence-corrected chi connectivity index (χ2v) is 5.13. The summed E-state index contributed by atoms with van der Waals surface area (Å²) in [6.45, 7) is 2.01. The van der Waals surface area contributed by atoms with E-state index in [0.29, 0.717) is 5.13 Å². The van der Waals surface area contributed by atoms with E-state index in [1.807, 2.05) is 0 Å². The molecule has 1 aliphatic carbocycles. The molecular weight excluding hydrogens is 268 g/mol. The number of guanidine groups is 1. The quantitative estimate of drug-likeness (QED) is 0.445. The Morgan fingerprint density at radius 1 is 1.68 bits per heavy atom. The number of aromatic nitrogens is 1. The minimum Gasteiger partial charge on any atom is -0.435 e. The molecule has 8 heteroatoms. The van der Waals surface area contributed by atoms with Crippen molar-refractivity contribution in [2.45, 2.75) is 32.3 Å². The lowest BCUT2D eigenvalue weighted by Gasteiger charge is -2.20. The van der Waals surface area contributed by atoms with Crippen LogP contribution in [0.25, 0.3) is 0 Å². The first-order chi connectivity index (χ1) is 9.10. The van der Waals surface area contributed by atoms with Crippen LogP contribution in [0.1, 0.15) is 36.4 Å². The van der Waals surface area contributed by atoms with Crippen molar-refractivity contribution in [3.8, 4) is 0 Å². The Labute approximate surface area is 114 Å². The first-order valence-electron chi connectivity index (χ1n) is 6.04. The molecule has 2 rings (SSSR count). The highest BCUT2D eigenvalue weighted by atomic mass is 32.1. The van der Waals surface area contributed by atoms with Crippen LogP contribution in [0.3, 0.4) is 0 Å². The lowest BCUT2D eigenvalue weighted by atomic mass is 10.0. The van der Waals surface area contributed by atoms with E-state index in [-0.39, 0.29) is 18.7 Å². The van der Waals surface area contributed by atoms with Crippen LogP contribution in [0.4, 0.5) is 9.93 Å². The van der Waals surface area contributed by atoms with Crippen molar-refractivity contribution >= 4 is 28.6 Å². The number of rotatable bonds is 3. The van der Waals surface area contributed by atoms with Crippen LogP contribution in [0, 0.1) is 5.41 Å². The molecule has 0 fully saturated rings. The number of hydrogen-bond donors (Lipinski definition) is 3. The van der Waals surface area contributed by atoms with Crippen molar-refractivity contribution < 1.29 is 14.3 Å². The van der Waals surface area contributed by atoms with E-state index in [1.54, 1.807) is 6.92 Å². The molecule has 104 valence electrons. The van der Waals surface area contributed by atoms with Gasteiger partial charge in [0, 0.05) is 4.88 Å². The number of anilines is 1. The molecule has 1 atom stereocenters. The minimum atomic E-state index is -0.672. The Morgan fingerprint density at radius 2 is 2.47 bits per heavy atom. The van der Waals surface area contributed by atoms with Crippen molar-refractivity contribution in [1.29, 1.82) is 5.41 Å². The summed E-state index contributed by atoms with van der Waals surface area (Å²) in [6, 6.07) is 0. The normalized spacial score (nSPS) is 17.4. The van der Waals surface area contributed by atoms with Crippen molar-refractivity contribution in [3.05, 3.63) is 10.6 Å². The summed E-state index contributed by atoms with van der Waals surface area (Å²) in [5.41, 5.74) is 6.01. The Hall–Kier alpha value is -1.83. The number of ether oxygens (including phenoxy) is 2. The fraction of sp³-hybridized carbons (Fsp3) is 0.545. The lowest BCUT2D eigenvalue weighted by molar-refractivity contribution is 0.0187. The summed E-state index contributed by atoms with van der Waals surface area (Å²) in [5.74, 6) is -0.158. The van der Waals surface area contributed by atoms with E-state index in [9.17, 15) is 4.79 Å². The number of nitrogens with two attached hydrogens (primary N) is 1. The third-order valence-electron chi connectivity index (χ3n) is 2.64. The van der Waals surface area contributed by atoms with Gasteiger partial charge >= 0.3 is 6.16 Å². The van der Waals surface area contributed by atoms with Crippen LogP contribution in [0.5, 0.6) is 0 Å². The van der Waals surface area contributed by atoms with Crippen molar-refractivity contribution in [2.75, 3.05) is 11.9 Å². The highest BCUT2D eigenvalue weighted by Gasteiger charge is 2.28. The summed E-state index contributed by atoms with van der Waals surface area (Å²) in [7, 11) is 0. The molecule has 0 bridgehead atoms. The van der Waals surface area contributed by atoms with E-state index in [0.717, 1.165) is 29.8 Å². The SMILES string of the molecule is CCOC(=O)OC1CCCc2sc(NC(=N)N)nc21. The van der Waals surface area contributed by atoms with Crippen LogP contribution in [0.15, 0.2) is 0 Å². The van der Waals surface area contributed by atoms with Crippen LogP contribution in [-0.2, 0) is 15.9 Å². The standard InChI is InChI=1S/C11H16N4O3S/c1-2-17-11(16)18-6-4-3-5-7-8(6)14-10(19-7)15-9(12)13/h6H,2-5H2,1H3,(H4,12,13,14,15). The first kappa shape index (κ1) is 13.6. The molecule has 1 aromatic heterocycles. The van der Waals surface area contributed by atoms with Crippen molar-refractivity contribution in [1.82, 2.24) is 4.98 Å². The minimum absolute atomic E-state index is 0.158. The third-order valence-corrected chi connectivity index (χ3v) is 3.69. The molecule has 0 amide bonds. The molecule has 0 aromatic carbocycles. The molecule has 19 heavy (non-hydrogen) atoms. The number of nitrogens with zero attached hydrogens (tertiary/aromatic N) is 1. The fourth-order valence-electron chi connectivity index (χ4n) is 1.93. The predicted molar refractivity (Wildman–Crippen MR) is 71.4 cm³/mol. The molecule has 0 aliphatic heterocycles. The number of thiazole rings is 1. The maximum absolute atomic E-state index is 11.4. The summed E-state index contributed by atoms with van der Waals surface area (Å²) in [6.07, 6.45) is 1.51. The maximum Gasteiger partial charge on any atom is 0.508 e. The monoisotopic (exact) mass is 284 g/mol. The van der Waals surface area contributed by atoms with Gasteiger partial charge in [0.1, 0.15) is 6.10 Å². The van der Waals surface area contributed by atoms with Gasteiger partial charge in [-0.1, -0.05) is 0 Å². The fourth-order valence-corrected chi connectivity index (χ4v) is 3.00. The van der Waals surface area contributed by atoms with Gasteiger partial charge in [-0.05, 0) is 26.2 Å². The van der Waals surface area contributed by atoms with Crippen LogP contribution in [-0.4, -0.2) is 23.7 Å². The summed E-state index contributed by atoms with van der Waals surface area (Å²) in [5, 5.41) is 10.4. The second kappa shape index (κ2) is 5.87. The zero-order valence-electron chi connectivity index (χ0n) is 10.6. The third kappa shape index (κ3) is 3.34. The van der Waals surface area contributed by atoms with Gasteiger partial charge in [-0.25, -0.2) is 9.78 Å². The molecular formula is C11H16N4O3S. The van der Waals surface area contributed by atoms with Crippen LogP contribution >= 0.6 is 11.3 Å². The average molecular weight is 284 g/mol. The van der Waals surface area contributed by atoms with E-state index >= 15 is 0 Å². The van der Waals surface area contributed by atoms with Gasteiger partial charge in [0.05, 0.1) is 12.3 Å². The topological polar surface area (TPSA) is 110 Å². The zero-order valence-corrected chi connectivity index (χ0v) is 11.4. The summed E-state index contributed by atoms with van der Waals surface area (Å²) in [4.78, 5) is 16.8. The summed E-state index contributed by atoms with van der Waals surface area (Å²) < 4.78 is 10.0. The van der Waals surface area contributed by atoms with Gasteiger partial charge in [-0.3, -0.25) is 5.41 Å². The molecule has 0 spiro atoms. The van der Waals surface area contributed by atoms with Crippen molar-refractivity contribution in [2.24, 2.45) is 5.73 Å². The lowest BCUT2D eigenvalue weighted by Crippen LogP contribution is -2.20. The molecule has 1 unspecified atom stereocenters. The second-order valence-electron chi connectivity index (χ2n) is 4.05. The largest absolute Gasteiger partial charge is 0.508 e. The number of carbonyl (C=O) groups is 1. The van der Waals surface area contributed by atoms with Gasteiger partial charge in [0.15, 0.2) is 11.1 Å². The first-order valence-corrected chi connectivity index (χ1v) is 6.85. The molecule has 1 aromatic rings. The number of hydrogen-bond acceptors (Lipinski definition) is 6. The molecule has 1 aliphatic rings. The van der Waals surface area contributed by atoms with E-state index in [1.165, 1.54) is 11.3 Å². The molecule has 0 radical (unpaired) electrons.